The van der Waals surface area contributed by atoms with E-state index in [9.17, 15) is 9.90 Å². The van der Waals surface area contributed by atoms with E-state index in [4.69, 9.17) is 0 Å². The van der Waals surface area contributed by atoms with E-state index in [1.54, 1.807) is 0 Å². The fraction of sp³-hybridized carbons (Fsp3) is 0.562. The Labute approximate surface area is 137 Å². The number of Topliss-reactive ketones (excluding diaryl/α,β-unsaturated/α-hetero) is 1. The Morgan fingerprint density at radius 3 is 2.70 bits per heavy atom. The molecule has 0 amide bonds. The number of carbonyl (C=O) groups is 1. The highest BCUT2D eigenvalue weighted by molar-refractivity contribution is 14.1. The monoisotopic (exact) mass is 402 g/mol. The molecule has 2 aliphatic rings. The number of hydrogen-bond donors (Lipinski definition) is 1. The molecule has 0 aliphatic carbocycles. The van der Waals surface area contributed by atoms with E-state index in [1.807, 2.05) is 18.7 Å². The first-order valence-corrected chi connectivity index (χ1v) is 9.24. The molecule has 2 fully saturated rings. The lowest BCUT2D eigenvalue weighted by atomic mass is 9.78. The van der Waals surface area contributed by atoms with E-state index in [0.29, 0.717) is 17.5 Å². The van der Waals surface area contributed by atoms with Gasteiger partial charge in [0.1, 0.15) is 5.78 Å². The minimum absolute atomic E-state index is 0.0150. The fourth-order valence-electron chi connectivity index (χ4n) is 3.60. The van der Waals surface area contributed by atoms with Crippen LogP contribution in [-0.2, 0) is 4.79 Å². The Bertz CT molecular complexity index is 502. The van der Waals surface area contributed by atoms with Crippen LogP contribution in [0.15, 0.2) is 24.3 Å². The highest BCUT2D eigenvalue weighted by Gasteiger charge is 2.50. The maximum absolute atomic E-state index is 12.4. The number of ketones is 1. The Morgan fingerprint density at radius 2 is 2.05 bits per heavy atom. The zero-order valence-corrected chi connectivity index (χ0v) is 14.4. The van der Waals surface area contributed by atoms with Crippen LogP contribution >= 0.6 is 34.4 Å². The van der Waals surface area contributed by atoms with Gasteiger partial charge in [-0.05, 0) is 59.0 Å². The predicted molar refractivity (Wildman–Crippen MR) is 91.1 cm³/mol. The zero-order valence-electron chi connectivity index (χ0n) is 11.5. The maximum atomic E-state index is 12.4. The third-order valence-electron chi connectivity index (χ3n) is 4.56. The van der Waals surface area contributed by atoms with Gasteiger partial charge >= 0.3 is 0 Å². The normalized spacial score (nSPS) is 36.0. The van der Waals surface area contributed by atoms with E-state index in [-0.39, 0.29) is 23.2 Å². The number of benzene rings is 1. The third-order valence-corrected chi connectivity index (χ3v) is 6.97. The Morgan fingerprint density at radius 1 is 1.35 bits per heavy atom. The lowest BCUT2D eigenvalue weighted by molar-refractivity contribution is -0.123. The molecule has 1 aromatic carbocycles. The van der Waals surface area contributed by atoms with Crippen LogP contribution in [0.5, 0.6) is 0 Å². The fourth-order valence-corrected chi connectivity index (χ4v) is 5.84. The summed E-state index contributed by atoms with van der Waals surface area (Å²) in [5.41, 5.74) is 1.27. The highest BCUT2D eigenvalue weighted by Crippen LogP contribution is 2.53. The van der Waals surface area contributed by atoms with Crippen LogP contribution in [0.4, 0.5) is 0 Å². The van der Waals surface area contributed by atoms with E-state index < -0.39 is 0 Å². The van der Waals surface area contributed by atoms with Gasteiger partial charge in [0.15, 0.2) is 0 Å². The van der Waals surface area contributed by atoms with Crippen molar-refractivity contribution in [2.75, 3.05) is 0 Å². The van der Waals surface area contributed by atoms with E-state index >= 15 is 0 Å². The maximum Gasteiger partial charge on any atom is 0.137 e. The van der Waals surface area contributed by atoms with Crippen LogP contribution in [0.3, 0.4) is 0 Å². The summed E-state index contributed by atoms with van der Waals surface area (Å²) in [6.07, 6.45) is 2.14. The van der Waals surface area contributed by atoms with E-state index in [2.05, 4.69) is 46.9 Å². The number of rotatable bonds is 3. The molecule has 4 heteroatoms. The van der Waals surface area contributed by atoms with Gasteiger partial charge in [0.25, 0.3) is 0 Å². The minimum Gasteiger partial charge on any atom is -0.392 e. The van der Waals surface area contributed by atoms with Crippen LogP contribution in [0.25, 0.3) is 0 Å². The van der Waals surface area contributed by atoms with Crippen molar-refractivity contribution in [1.29, 1.82) is 0 Å². The van der Waals surface area contributed by atoms with Crippen LogP contribution in [-0.4, -0.2) is 27.5 Å². The van der Waals surface area contributed by atoms with Gasteiger partial charge in [-0.1, -0.05) is 19.1 Å². The number of halogens is 1. The molecule has 2 nitrogen and oxygen atoms in total. The standard InChI is InChI=1S/C16H19IO2S/c1-2-13(18)15-12(9-3-5-10(17)6-4-9)7-11-8-14(19)16(15)20-11/h3-6,11-12,14-16,19H,2,7-8H2,1H3/t11?,12-,14?,15+,16+/m0/s1. The van der Waals surface area contributed by atoms with Gasteiger partial charge in [0.2, 0.25) is 0 Å². The predicted octanol–water partition coefficient (Wildman–Crippen LogP) is 3.61. The van der Waals surface area contributed by atoms with Gasteiger partial charge in [-0.3, -0.25) is 4.79 Å². The lowest BCUT2D eigenvalue weighted by Crippen LogP contribution is -2.37. The topological polar surface area (TPSA) is 37.3 Å². The van der Waals surface area contributed by atoms with Gasteiger partial charge in [-0.15, -0.1) is 0 Å². The number of carbonyl (C=O) groups excluding carboxylic acids is 1. The van der Waals surface area contributed by atoms with Crippen molar-refractivity contribution in [3.63, 3.8) is 0 Å². The van der Waals surface area contributed by atoms with Gasteiger partial charge in [-0.2, -0.15) is 11.8 Å². The Kier molecular flexibility index (Phi) is 4.43. The molecule has 5 atom stereocenters. The Balaban J connectivity index is 1.95. The molecule has 2 bridgehead atoms. The minimum atomic E-state index is -0.306. The zero-order chi connectivity index (χ0) is 14.3. The summed E-state index contributed by atoms with van der Waals surface area (Å²) in [5.74, 6) is 0.581. The quantitative estimate of drug-likeness (QED) is 0.786. The summed E-state index contributed by atoms with van der Waals surface area (Å²) in [7, 11) is 0. The smallest absolute Gasteiger partial charge is 0.137 e. The average Bonchev–Trinajstić information content (AvgIpc) is 2.74. The van der Waals surface area contributed by atoms with Crippen molar-refractivity contribution in [3.8, 4) is 0 Å². The molecule has 0 radical (unpaired) electrons. The number of hydrogen-bond acceptors (Lipinski definition) is 3. The first-order chi connectivity index (χ1) is 9.60. The molecule has 0 aromatic heterocycles. The summed E-state index contributed by atoms with van der Waals surface area (Å²) in [5, 5.41) is 10.9. The molecule has 2 heterocycles. The van der Waals surface area contributed by atoms with Crippen molar-refractivity contribution >= 4 is 40.1 Å². The molecule has 3 rings (SSSR count). The number of aliphatic hydroxyl groups is 1. The second-order valence-electron chi connectivity index (χ2n) is 5.77. The molecule has 0 spiro atoms. The van der Waals surface area contributed by atoms with Crippen LogP contribution in [0, 0.1) is 9.49 Å². The second-order valence-corrected chi connectivity index (χ2v) is 8.49. The van der Waals surface area contributed by atoms with Crippen molar-refractivity contribution in [2.24, 2.45) is 5.92 Å². The van der Waals surface area contributed by atoms with Crippen molar-refractivity contribution in [2.45, 2.75) is 48.7 Å². The van der Waals surface area contributed by atoms with Gasteiger partial charge in [0.05, 0.1) is 6.10 Å². The molecule has 20 heavy (non-hydrogen) atoms. The Hall–Kier alpha value is -0.0700. The summed E-state index contributed by atoms with van der Waals surface area (Å²) in [6.45, 7) is 1.94. The van der Waals surface area contributed by atoms with E-state index in [0.717, 1.165) is 12.8 Å². The highest BCUT2D eigenvalue weighted by atomic mass is 127. The summed E-state index contributed by atoms with van der Waals surface area (Å²) >= 11 is 4.15. The van der Waals surface area contributed by atoms with E-state index in [1.165, 1.54) is 9.13 Å². The molecule has 1 aromatic rings. The molecule has 108 valence electrons. The van der Waals surface area contributed by atoms with Crippen molar-refractivity contribution < 1.29 is 9.90 Å². The molecule has 2 unspecified atom stereocenters. The molecular weight excluding hydrogens is 383 g/mol. The summed E-state index contributed by atoms with van der Waals surface area (Å²) in [6, 6.07) is 8.54. The SMILES string of the molecule is CCC(=O)[C@@H]1[C@@H]2SC(CC2O)C[C@H]1c1ccc(I)cc1. The number of aliphatic hydroxyl groups excluding tert-OH is 1. The van der Waals surface area contributed by atoms with Crippen LogP contribution in [0.2, 0.25) is 0 Å². The average molecular weight is 402 g/mol. The molecular formula is C16H19IO2S. The van der Waals surface area contributed by atoms with Crippen LogP contribution in [0.1, 0.15) is 37.7 Å². The summed E-state index contributed by atoms with van der Waals surface area (Å²) in [4.78, 5) is 12.4. The van der Waals surface area contributed by atoms with Gasteiger partial charge < -0.3 is 5.11 Å². The van der Waals surface area contributed by atoms with Gasteiger partial charge in [0, 0.05) is 26.4 Å². The molecule has 2 aliphatic heterocycles. The first kappa shape index (κ1) is 14.9. The van der Waals surface area contributed by atoms with Crippen molar-refractivity contribution in [3.05, 3.63) is 33.4 Å². The summed E-state index contributed by atoms with van der Waals surface area (Å²) < 4.78 is 1.22. The molecule has 1 N–H and O–H groups in total. The molecule has 0 saturated carbocycles. The van der Waals surface area contributed by atoms with Crippen LogP contribution < -0.4 is 0 Å². The lowest BCUT2D eigenvalue weighted by Gasteiger charge is -2.36. The van der Waals surface area contributed by atoms with Gasteiger partial charge in [-0.25, -0.2) is 0 Å². The largest absolute Gasteiger partial charge is 0.392 e. The second kappa shape index (κ2) is 5.97. The third kappa shape index (κ3) is 2.66. The number of thioether (sulfide) groups is 1. The first-order valence-electron chi connectivity index (χ1n) is 7.22. The van der Waals surface area contributed by atoms with Crippen molar-refractivity contribution in [1.82, 2.24) is 0 Å². The number of fused-ring (bicyclic) bond motifs is 2. The molecule has 2 saturated heterocycles.